The Morgan fingerprint density at radius 1 is 0.707 bits per heavy atom. The van der Waals surface area contributed by atoms with Crippen LogP contribution in [0.3, 0.4) is 0 Å². The highest BCUT2D eigenvalue weighted by Crippen LogP contribution is 2.44. The van der Waals surface area contributed by atoms with Gasteiger partial charge in [-0.15, -0.1) is 0 Å². The highest BCUT2D eigenvalue weighted by atomic mass is 79.9. The van der Waals surface area contributed by atoms with Gasteiger partial charge in [0.25, 0.3) is 11.8 Å². The number of ether oxygens (including phenoxy) is 4. The number of carbonyl (C=O) groups is 2. The van der Waals surface area contributed by atoms with E-state index in [1.807, 2.05) is 56.3 Å². The molecular weight excluding hydrogens is 815 g/mol. The molecule has 8 rings (SSSR count). The first-order valence-corrected chi connectivity index (χ1v) is 18.6. The first kappa shape index (κ1) is 41.4. The molecule has 0 fully saturated rings. The fourth-order valence-corrected chi connectivity index (χ4v) is 6.85. The van der Waals surface area contributed by atoms with Crippen molar-refractivity contribution in [3.63, 3.8) is 0 Å². The van der Waals surface area contributed by atoms with Crippen LogP contribution in [0.15, 0.2) is 86.8 Å². The van der Waals surface area contributed by atoms with E-state index in [2.05, 4.69) is 40.7 Å². The zero-order valence-corrected chi connectivity index (χ0v) is 34.1. The highest BCUT2D eigenvalue weighted by Gasteiger charge is 2.30. The van der Waals surface area contributed by atoms with Gasteiger partial charge < -0.3 is 47.8 Å². The molecule has 0 bridgehead atoms. The van der Waals surface area contributed by atoms with Crippen molar-refractivity contribution >= 4 is 51.7 Å². The van der Waals surface area contributed by atoms with Gasteiger partial charge in [-0.1, -0.05) is 10.3 Å². The third-order valence-corrected chi connectivity index (χ3v) is 9.85. The first-order chi connectivity index (χ1) is 27.9. The molecule has 0 saturated heterocycles. The number of hydrogen-bond acceptors (Lipinski definition) is 14. The Bertz CT molecular complexity index is 2350. The lowest BCUT2D eigenvalue weighted by Gasteiger charge is -2.30. The van der Waals surface area contributed by atoms with E-state index in [-0.39, 0.29) is 25.0 Å². The maximum atomic E-state index is 12.5. The normalized spacial score (nSPS) is 12.8. The molecule has 58 heavy (non-hydrogen) atoms. The molecule has 6 aromatic rings. The average molecular weight is 856 g/mol. The quantitative estimate of drug-likeness (QED) is 0.193. The second-order valence-corrected chi connectivity index (χ2v) is 13.9. The third-order valence-electron chi connectivity index (χ3n) is 9.23. The van der Waals surface area contributed by atoms with Crippen LogP contribution in [0.2, 0.25) is 0 Å². The molecule has 2 aliphatic heterocycles. The molecule has 0 spiro atoms. The molecule has 0 radical (unpaired) electrons. The fraction of sp³-hybridized carbons (Fsp3) is 0.250. The monoisotopic (exact) mass is 854 g/mol. The van der Waals surface area contributed by atoms with Gasteiger partial charge in [0.15, 0.2) is 13.2 Å². The average Bonchev–Trinajstić information content (AvgIpc) is 3.75. The summed E-state index contributed by atoms with van der Waals surface area (Å²) in [5.41, 5.74) is 6.73. The molecule has 2 aromatic carbocycles. The standard InChI is InChI=1S/C20H19N3O4.C15H13BrN2O3.C5H8BNO3/c1-12-20(13(2)27-22-12)15-8-18-16(9-17(15)25-3)23(19(24)11-26-18)10-14-4-6-21-7-5-14;1-20-13-7-12-14(6-11(13)16)21-9-15(19)18(12)8-10-2-4-17-5-3-10;1-3-5(6(8)9)4(2)10-7-3/h4-9H,10-11H2,1-3H3;2-7H,8-9H2,1H3;8-9H,1-2H3. The number of benzene rings is 2. The molecular formula is C40H40BBrN6O10. The summed E-state index contributed by atoms with van der Waals surface area (Å²) in [6, 6.07) is 14.9. The number of nitrogens with zero attached hydrogens (tertiary/aromatic N) is 6. The van der Waals surface area contributed by atoms with Gasteiger partial charge in [0.1, 0.15) is 34.5 Å². The summed E-state index contributed by atoms with van der Waals surface area (Å²) < 4.78 is 32.9. The number of rotatable bonds is 8. The molecule has 0 unspecified atom stereocenters. The van der Waals surface area contributed by atoms with E-state index in [9.17, 15) is 9.59 Å². The van der Waals surface area contributed by atoms with Crippen LogP contribution in [0.4, 0.5) is 11.4 Å². The van der Waals surface area contributed by atoms with E-state index >= 15 is 0 Å². The van der Waals surface area contributed by atoms with Crippen LogP contribution >= 0.6 is 15.9 Å². The third kappa shape index (κ3) is 9.14. The van der Waals surface area contributed by atoms with Crippen LogP contribution < -0.4 is 34.2 Å². The van der Waals surface area contributed by atoms with Gasteiger partial charge in [-0.05, 0) is 85.1 Å². The Labute approximate surface area is 342 Å². The van der Waals surface area contributed by atoms with Crippen LogP contribution in [0.1, 0.15) is 34.0 Å². The van der Waals surface area contributed by atoms with Crippen molar-refractivity contribution in [3.8, 4) is 34.1 Å². The van der Waals surface area contributed by atoms with E-state index in [4.69, 9.17) is 33.5 Å². The maximum Gasteiger partial charge on any atom is 0.494 e. The second kappa shape index (κ2) is 18.4. The molecule has 0 atom stereocenters. The van der Waals surface area contributed by atoms with E-state index in [1.165, 1.54) is 0 Å². The molecule has 18 heteroatoms. The van der Waals surface area contributed by atoms with Crippen LogP contribution in [0.25, 0.3) is 11.1 Å². The number of methoxy groups -OCH3 is 2. The minimum Gasteiger partial charge on any atom is -0.496 e. The van der Waals surface area contributed by atoms with Gasteiger partial charge in [0.05, 0.1) is 60.1 Å². The SMILES string of the molecule is COc1cc2c(cc1-c1c(C)noc1C)OCC(=O)N2Cc1ccncc1.COc1cc2c(cc1Br)OCC(=O)N2Cc1ccncc1.Cc1noc(C)c1B(O)O. The molecule has 300 valence electrons. The number of pyridine rings is 2. The number of aromatic nitrogens is 4. The van der Waals surface area contributed by atoms with Crippen LogP contribution in [0, 0.1) is 27.7 Å². The number of hydrogen-bond donors (Lipinski definition) is 2. The van der Waals surface area contributed by atoms with Crippen molar-refractivity contribution < 1.29 is 47.6 Å². The number of carbonyl (C=O) groups excluding carboxylic acids is 2. The predicted molar refractivity (Wildman–Crippen MR) is 216 cm³/mol. The van der Waals surface area contributed by atoms with Gasteiger partial charge in [-0.2, -0.15) is 0 Å². The maximum absolute atomic E-state index is 12.5. The predicted octanol–water partition coefficient (Wildman–Crippen LogP) is 5.04. The van der Waals surface area contributed by atoms with Crippen LogP contribution in [0.5, 0.6) is 23.0 Å². The Hall–Kier alpha value is -6.24. The van der Waals surface area contributed by atoms with Gasteiger partial charge in [0, 0.05) is 54.0 Å². The Morgan fingerprint density at radius 3 is 1.62 bits per heavy atom. The molecule has 2 aliphatic rings. The molecule has 4 aromatic heterocycles. The zero-order valence-electron chi connectivity index (χ0n) is 32.6. The second-order valence-electron chi connectivity index (χ2n) is 13.0. The topological polar surface area (TPSA) is 196 Å². The summed E-state index contributed by atoms with van der Waals surface area (Å²) in [6.07, 6.45) is 6.84. The minimum absolute atomic E-state index is 0.00848. The summed E-state index contributed by atoms with van der Waals surface area (Å²) in [5, 5.41) is 25.0. The summed E-state index contributed by atoms with van der Waals surface area (Å²) in [5.74, 6) is 3.54. The van der Waals surface area contributed by atoms with E-state index in [1.54, 1.807) is 68.7 Å². The lowest BCUT2D eigenvalue weighted by Crippen LogP contribution is -2.38. The molecule has 16 nitrogen and oxygen atoms in total. The Balaban J connectivity index is 0.000000162. The van der Waals surface area contributed by atoms with E-state index in [0.29, 0.717) is 70.1 Å². The van der Waals surface area contributed by atoms with Crippen LogP contribution in [-0.4, -0.2) is 76.7 Å². The fourth-order valence-electron chi connectivity index (χ4n) is 6.37. The van der Waals surface area contributed by atoms with Gasteiger partial charge >= 0.3 is 7.12 Å². The number of amides is 2. The molecule has 0 saturated carbocycles. The molecule has 2 N–H and O–H groups in total. The van der Waals surface area contributed by atoms with Crippen LogP contribution in [-0.2, 0) is 22.7 Å². The summed E-state index contributed by atoms with van der Waals surface area (Å²) in [4.78, 5) is 36.1. The highest BCUT2D eigenvalue weighted by molar-refractivity contribution is 9.10. The van der Waals surface area contributed by atoms with Crippen molar-refractivity contribution in [2.45, 2.75) is 40.8 Å². The van der Waals surface area contributed by atoms with Crippen molar-refractivity contribution in [1.29, 1.82) is 0 Å². The first-order valence-electron chi connectivity index (χ1n) is 17.9. The number of halogens is 1. The lowest BCUT2D eigenvalue weighted by atomic mass is 9.79. The summed E-state index contributed by atoms with van der Waals surface area (Å²) >= 11 is 3.42. The minimum atomic E-state index is -1.48. The summed E-state index contributed by atoms with van der Waals surface area (Å²) in [7, 11) is 1.71. The van der Waals surface area contributed by atoms with E-state index < -0.39 is 7.12 Å². The smallest absolute Gasteiger partial charge is 0.494 e. The summed E-state index contributed by atoms with van der Waals surface area (Å²) in [6.45, 7) is 7.97. The number of aryl methyl sites for hydroxylation is 4. The molecule has 2 amide bonds. The van der Waals surface area contributed by atoms with Crippen molar-refractivity contribution in [3.05, 3.63) is 112 Å². The van der Waals surface area contributed by atoms with Gasteiger partial charge in [-0.25, -0.2) is 0 Å². The number of anilines is 2. The molecule has 0 aliphatic carbocycles. The Morgan fingerprint density at radius 2 is 1.19 bits per heavy atom. The van der Waals surface area contributed by atoms with Crippen molar-refractivity contribution in [2.75, 3.05) is 37.2 Å². The Kier molecular flexibility index (Phi) is 13.1. The van der Waals surface area contributed by atoms with Crippen molar-refractivity contribution in [1.82, 2.24) is 20.3 Å². The zero-order chi connectivity index (χ0) is 41.5. The lowest BCUT2D eigenvalue weighted by molar-refractivity contribution is -0.122. The van der Waals surface area contributed by atoms with Gasteiger partial charge in [0.2, 0.25) is 0 Å². The molecule has 6 heterocycles. The van der Waals surface area contributed by atoms with Gasteiger partial charge in [-0.3, -0.25) is 19.6 Å². The van der Waals surface area contributed by atoms with E-state index in [0.717, 1.165) is 32.4 Å². The largest absolute Gasteiger partial charge is 0.496 e. The van der Waals surface area contributed by atoms with Crippen molar-refractivity contribution in [2.24, 2.45) is 0 Å². The number of fused-ring (bicyclic) bond motifs is 2.